The van der Waals surface area contributed by atoms with Crippen LogP contribution in [-0.4, -0.2) is 30.7 Å². The van der Waals surface area contributed by atoms with E-state index in [1.54, 1.807) is 25.3 Å². The lowest BCUT2D eigenvalue weighted by atomic mass is 10.1. The molecule has 114 valence electrons. The Bertz CT molecular complexity index is 612. The summed E-state index contributed by atoms with van der Waals surface area (Å²) in [7, 11) is -4.58. The highest BCUT2D eigenvalue weighted by atomic mass is 32.2. The number of nitrogens with one attached hydrogen (secondary N) is 1. The molecule has 5 nitrogen and oxygen atoms in total. The summed E-state index contributed by atoms with van der Waals surface area (Å²) in [6, 6.07) is 2.96. The van der Waals surface area contributed by atoms with Gasteiger partial charge in [-0.1, -0.05) is 0 Å². The van der Waals surface area contributed by atoms with Gasteiger partial charge in [0.1, 0.15) is 4.90 Å². The number of aryl methyl sites for hydroxylation is 2. The number of sulfonamides is 1. The molecule has 0 radical (unpaired) electrons. The second-order valence-electron chi connectivity index (χ2n) is 5.06. The smallest absolute Gasteiger partial charge is 0.242 e. The molecule has 1 aromatic rings. The van der Waals surface area contributed by atoms with Crippen LogP contribution in [0.4, 0.5) is 5.69 Å². The molecule has 2 unspecified atom stereocenters. The van der Waals surface area contributed by atoms with Crippen LogP contribution in [0.2, 0.25) is 0 Å². The predicted molar refractivity (Wildman–Crippen MR) is 83.7 cm³/mol. The Balaban J connectivity index is 2.94. The van der Waals surface area contributed by atoms with Gasteiger partial charge in [0.15, 0.2) is 0 Å². The van der Waals surface area contributed by atoms with E-state index in [1.165, 1.54) is 0 Å². The Labute approximate surface area is 123 Å². The van der Waals surface area contributed by atoms with Crippen LogP contribution in [0.3, 0.4) is 0 Å². The van der Waals surface area contributed by atoms with Crippen LogP contribution in [0.25, 0.3) is 0 Å². The third-order valence-electron chi connectivity index (χ3n) is 3.11. The van der Waals surface area contributed by atoms with Crippen molar-refractivity contribution in [3.05, 3.63) is 23.3 Å². The molecule has 0 saturated carbocycles. The van der Waals surface area contributed by atoms with E-state index in [1.807, 2.05) is 13.8 Å². The summed E-state index contributed by atoms with van der Waals surface area (Å²) in [5.41, 5.74) is 7.88. The fourth-order valence-electron chi connectivity index (χ4n) is 1.77. The zero-order valence-corrected chi connectivity index (χ0v) is 13.9. The van der Waals surface area contributed by atoms with Gasteiger partial charge < -0.3 is 5.73 Å². The van der Waals surface area contributed by atoms with Crippen molar-refractivity contribution >= 4 is 26.5 Å². The molecular weight excluding hydrogens is 296 g/mol. The standard InChI is InChI=1S/C13H22N2O3S2/c1-9-7-12(14)13(8-10(9)2)20(17,18)15-11(3)5-6-19(4)16/h7-8,11,15H,5-6,14H2,1-4H3. The SMILES string of the molecule is Cc1cc(N)c(S(=O)(=O)NC(C)CCS(C)=O)cc1C. The summed E-state index contributed by atoms with van der Waals surface area (Å²) in [6.45, 7) is 5.48. The Morgan fingerprint density at radius 3 is 2.40 bits per heavy atom. The van der Waals surface area contributed by atoms with Crippen molar-refractivity contribution in [3.8, 4) is 0 Å². The first kappa shape index (κ1) is 17.1. The van der Waals surface area contributed by atoms with Crippen LogP contribution in [0.5, 0.6) is 0 Å². The Morgan fingerprint density at radius 2 is 1.85 bits per heavy atom. The molecule has 1 aromatic carbocycles. The van der Waals surface area contributed by atoms with E-state index in [9.17, 15) is 12.6 Å². The lowest BCUT2D eigenvalue weighted by Gasteiger charge is -2.16. The second-order valence-corrected chi connectivity index (χ2v) is 8.30. The van der Waals surface area contributed by atoms with E-state index >= 15 is 0 Å². The van der Waals surface area contributed by atoms with Gasteiger partial charge in [-0.25, -0.2) is 13.1 Å². The fourth-order valence-corrected chi connectivity index (χ4v) is 3.94. The predicted octanol–water partition coefficient (Wildman–Crippen LogP) is 1.32. The molecule has 0 aliphatic rings. The number of hydrogen-bond acceptors (Lipinski definition) is 4. The van der Waals surface area contributed by atoms with Gasteiger partial charge in [-0.2, -0.15) is 0 Å². The minimum Gasteiger partial charge on any atom is -0.398 e. The quantitative estimate of drug-likeness (QED) is 0.774. The first-order valence-electron chi connectivity index (χ1n) is 6.32. The molecule has 0 aliphatic carbocycles. The van der Waals surface area contributed by atoms with Gasteiger partial charge in [-0.15, -0.1) is 0 Å². The number of hydrogen-bond donors (Lipinski definition) is 2. The summed E-state index contributed by atoms with van der Waals surface area (Å²) >= 11 is 0. The molecule has 0 aliphatic heterocycles. The van der Waals surface area contributed by atoms with E-state index in [0.29, 0.717) is 12.2 Å². The topological polar surface area (TPSA) is 89.3 Å². The van der Waals surface area contributed by atoms with Crippen molar-refractivity contribution in [1.29, 1.82) is 0 Å². The number of rotatable bonds is 6. The Kier molecular flexibility index (Phi) is 5.73. The van der Waals surface area contributed by atoms with E-state index in [-0.39, 0.29) is 16.6 Å². The summed E-state index contributed by atoms with van der Waals surface area (Å²) in [4.78, 5) is 0.102. The van der Waals surface area contributed by atoms with Crippen molar-refractivity contribution < 1.29 is 12.6 Å². The number of anilines is 1. The van der Waals surface area contributed by atoms with Crippen LogP contribution < -0.4 is 10.5 Å². The normalized spacial score (nSPS) is 15.0. The summed E-state index contributed by atoms with van der Waals surface area (Å²) in [5.74, 6) is 0.464. The molecule has 1 rings (SSSR count). The van der Waals surface area contributed by atoms with Gasteiger partial charge in [0.25, 0.3) is 0 Å². The fraction of sp³-hybridized carbons (Fsp3) is 0.538. The third kappa shape index (κ3) is 4.57. The molecule has 0 fully saturated rings. The Morgan fingerprint density at radius 1 is 1.30 bits per heavy atom. The molecule has 0 amide bonds. The molecule has 0 saturated heterocycles. The van der Waals surface area contributed by atoms with Crippen molar-refractivity contribution in [1.82, 2.24) is 4.72 Å². The zero-order valence-electron chi connectivity index (χ0n) is 12.3. The molecule has 20 heavy (non-hydrogen) atoms. The number of nitrogen functional groups attached to an aromatic ring is 1. The largest absolute Gasteiger partial charge is 0.398 e. The lowest BCUT2D eigenvalue weighted by Crippen LogP contribution is -2.34. The molecule has 0 aromatic heterocycles. The van der Waals surface area contributed by atoms with Crippen molar-refractivity contribution in [3.63, 3.8) is 0 Å². The lowest BCUT2D eigenvalue weighted by molar-refractivity contribution is 0.556. The first-order chi connectivity index (χ1) is 9.13. The maximum atomic E-state index is 12.3. The molecule has 0 spiro atoms. The Hall–Kier alpha value is -0.920. The first-order valence-corrected chi connectivity index (χ1v) is 9.53. The number of benzene rings is 1. The average Bonchev–Trinajstić information content (AvgIpc) is 2.30. The number of nitrogens with two attached hydrogens (primary N) is 1. The highest BCUT2D eigenvalue weighted by molar-refractivity contribution is 7.89. The van der Waals surface area contributed by atoms with Crippen LogP contribution in [0.15, 0.2) is 17.0 Å². The van der Waals surface area contributed by atoms with Crippen LogP contribution in [0, 0.1) is 13.8 Å². The van der Waals surface area contributed by atoms with Crippen molar-refractivity contribution in [2.75, 3.05) is 17.7 Å². The summed E-state index contributed by atoms with van der Waals surface area (Å²) in [6.07, 6.45) is 2.12. The molecule has 0 bridgehead atoms. The monoisotopic (exact) mass is 318 g/mol. The molecule has 2 atom stereocenters. The van der Waals surface area contributed by atoms with E-state index in [2.05, 4.69) is 4.72 Å². The van der Waals surface area contributed by atoms with E-state index in [0.717, 1.165) is 11.1 Å². The average molecular weight is 318 g/mol. The zero-order chi connectivity index (χ0) is 15.5. The highest BCUT2D eigenvalue weighted by Gasteiger charge is 2.20. The molecule has 0 heterocycles. The molecule has 3 N–H and O–H groups in total. The third-order valence-corrected chi connectivity index (χ3v) is 5.57. The minimum atomic E-state index is -3.65. The van der Waals surface area contributed by atoms with E-state index < -0.39 is 20.8 Å². The van der Waals surface area contributed by atoms with Crippen molar-refractivity contribution in [2.45, 2.75) is 38.1 Å². The van der Waals surface area contributed by atoms with Gasteiger partial charge >= 0.3 is 0 Å². The molecular formula is C13H22N2O3S2. The van der Waals surface area contributed by atoms with Gasteiger partial charge in [-0.3, -0.25) is 4.21 Å². The van der Waals surface area contributed by atoms with Gasteiger partial charge in [0.05, 0.1) is 5.69 Å². The van der Waals surface area contributed by atoms with Crippen LogP contribution in [-0.2, 0) is 20.8 Å². The summed E-state index contributed by atoms with van der Waals surface area (Å²) in [5, 5.41) is 0. The van der Waals surface area contributed by atoms with Gasteiger partial charge in [0.2, 0.25) is 10.0 Å². The van der Waals surface area contributed by atoms with Crippen LogP contribution in [0.1, 0.15) is 24.5 Å². The molecule has 7 heteroatoms. The van der Waals surface area contributed by atoms with Crippen LogP contribution >= 0.6 is 0 Å². The van der Waals surface area contributed by atoms with Gasteiger partial charge in [0, 0.05) is 28.9 Å². The maximum absolute atomic E-state index is 12.3. The van der Waals surface area contributed by atoms with Crippen molar-refractivity contribution in [2.24, 2.45) is 0 Å². The second kappa shape index (κ2) is 6.69. The summed E-state index contributed by atoms with van der Waals surface area (Å²) < 4.78 is 38.2. The van der Waals surface area contributed by atoms with E-state index in [4.69, 9.17) is 5.73 Å². The maximum Gasteiger partial charge on any atom is 0.242 e. The highest BCUT2D eigenvalue weighted by Crippen LogP contribution is 2.22. The van der Waals surface area contributed by atoms with Gasteiger partial charge in [-0.05, 0) is 50.5 Å². The minimum absolute atomic E-state index is 0.102.